The lowest BCUT2D eigenvalue weighted by Gasteiger charge is -2.12. The Balaban J connectivity index is 1.92. The summed E-state index contributed by atoms with van der Waals surface area (Å²) in [5.41, 5.74) is 0. The molecule has 0 aromatic carbocycles. The highest BCUT2D eigenvalue weighted by molar-refractivity contribution is 5.69. The summed E-state index contributed by atoms with van der Waals surface area (Å²) in [6.07, 6.45) is 6.09. The molecule has 0 unspecified atom stereocenters. The van der Waals surface area contributed by atoms with Gasteiger partial charge in [-0.15, -0.1) is 0 Å². The van der Waals surface area contributed by atoms with Crippen LogP contribution in [0, 0.1) is 17.8 Å². The molecule has 2 bridgehead atoms. The molecule has 0 radical (unpaired) electrons. The predicted octanol–water partition coefficient (Wildman–Crippen LogP) is 1.99. The number of esters is 1. The Kier molecular flexibility index (Phi) is 2.07. The van der Waals surface area contributed by atoms with E-state index in [1.54, 1.807) is 0 Å². The molecule has 2 heteroatoms. The second-order valence-corrected chi connectivity index (χ2v) is 4.12. The van der Waals surface area contributed by atoms with Gasteiger partial charge in [0.15, 0.2) is 0 Å². The monoisotopic (exact) mass is 168 g/mol. The van der Waals surface area contributed by atoms with Gasteiger partial charge in [-0.2, -0.15) is 0 Å². The lowest BCUT2D eigenvalue weighted by atomic mass is 9.94. The topological polar surface area (TPSA) is 26.3 Å². The molecule has 2 aliphatic rings. The Morgan fingerprint density at radius 2 is 1.75 bits per heavy atom. The van der Waals surface area contributed by atoms with Crippen molar-refractivity contribution in [3.8, 4) is 0 Å². The van der Waals surface area contributed by atoms with E-state index in [2.05, 4.69) is 0 Å². The van der Waals surface area contributed by atoms with Crippen molar-refractivity contribution < 1.29 is 9.53 Å². The summed E-state index contributed by atoms with van der Waals surface area (Å²) < 4.78 is 4.70. The van der Waals surface area contributed by atoms with E-state index in [1.807, 2.05) is 0 Å². The Morgan fingerprint density at radius 1 is 1.25 bits per heavy atom. The lowest BCUT2D eigenvalue weighted by molar-refractivity contribution is -0.142. The lowest BCUT2D eigenvalue weighted by Crippen LogP contribution is -2.13. The van der Waals surface area contributed by atoms with Crippen LogP contribution in [0.15, 0.2) is 0 Å². The molecule has 0 saturated heterocycles. The highest BCUT2D eigenvalue weighted by Gasteiger charge is 2.42. The van der Waals surface area contributed by atoms with Crippen LogP contribution in [-0.2, 0) is 9.53 Å². The first-order chi connectivity index (χ1) is 5.81. The van der Waals surface area contributed by atoms with Gasteiger partial charge in [-0.25, -0.2) is 0 Å². The molecule has 0 heterocycles. The van der Waals surface area contributed by atoms with E-state index in [0.29, 0.717) is 12.3 Å². The van der Waals surface area contributed by atoms with Crippen LogP contribution in [0.2, 0.25) is 0 Å². The molecule has 2 fully saturated rings. The smallest absolute Gasteiger partial charge is 0.305 e. The maximum Gasteiger partial charge on any atom is 0.305 e. The fourth-order valence-electron chi connectivity index (χ4n) is 3.00. The van der Waals surface area contributed by atoms with Gasteiger partial charge in [0.2, 0.25) is 0 Å². The third kappa shape index (κ3) is 1.23. The number of carbonyl (C=O) groups excluding carboxylic acids is 1. The number of ether oxygens (including phenoxy) is 1. The normalized spacial score (nSPS) is 38.6. The van der Waals surface area contributed by atoms with Gasteiger partial charge in [-0.1, -0.05) is 0 Å². The van der Waals surface area contributed by atoms with Crippen LogP contribution >= 0.6 is 0 Å². The molecule has 2 saturated carbocycles. The van der Waals surface area contributed by atoms with Crippen molar-refractivity contribution in [1.82, 2.24) is 0 Å². The van der Waals surface area contributed by atoms with Crippen LogP contribution in [0.1, 0.15) is 32.1 Å². The molecule has 0 atom stereocenters. The molecule has 2 nitrogen and oxygen atoms in total. The van der Waals surface area contributed by atoms with Gasteiger partial charge in [0.1, 0.15) is 0 Å². The third-order valence-electron chi connectivity index (χ3n) is 3.66. The van der Waals surface area contributed by atoms with Gasteiger partial charge < -0.3 is 4.74 Å². The van der Waals surface area contributed by atoms with Crippen LogP contribution < -0.4 is 0 Å². The van der Waals surface area contributed by atoms with Gasteiger partial charge >= 0.3 is 5.97 Å². The number of carbonyl (C=O) groups is 1. The Morgan fingerprint density at radius 3 is 2.17 bits per heavy atom. The first-order valence-corrected chi connectivity index (χ1v) is 4.88. The molecule has 0 spiro atoms. The number of fused-ring (bicyclic) bond motifs is 2. The minimum Gasteiger partial charge on any atom is -0.469 e. The van der Waals surface area contributed by atoms with Gasteiger partial charge in [-0.3, -0.25) is 4.79 Å². The number of hydrogen-bond acceptors (Lipinski definition) is 2. The molecule has 12 heavy (non-hydrogen) atoms. The zero-order valence-electron chi connectivity index (χ0n) is 7.58. The summed E-state index contributed by atoms with van der Waals surface area (Å²) in [5, 5.41) is 0. The van der Waals surface area contributed by atoms with Crippen LogP contribution in [0.5, 0.6) is 0 Å². The summed E-state index contributed by atoms with van der Waals surface area (Å²) >= 11 is 0. The molecule has 0 aliphatic heterocycles. The summed E-state index contributed by atoms with van der Waals surface area (Å²) in [5.74, 6) is 2.33. The zero-order valence-corrected chi connectivity index (χ0v) is 7.58. The van der Waals surface area contributed by atoms with Crippen molar-refractivity contribution in [2.45, 2.75) is 32.1 Å². The van der Waals surface area contributed by atoms with Crippen molar-refractivity contribution >= 4 is 5.97 Å². The zero-order chi connectivity index (χ0) is 8.55. The van der Waals surface area contributed by atoms with E-state index in [9.17, 15) is 4.79 Å². The van der Waals surface area contributed by atoms with E-state index < -0.39 is 0 Å². The summed E-state index contributed by atoms with van der Waals surface area (Å²) in [4.78, 5) is 11.1. The maximum absolute atomic E-state index is 11.1. The Labute approximate surface area is 73.3 Å². The maximum atomic E-state index is 11.1. The fourth-order valence-corrected chi connectivity index (χ4v) is 3.00. The second kappa shape index (κ2) is 3.08. The van der Waals surface area contributed by atoms with Crippen molar-refractivity contribution in [3.05, 3.63) is 0 Å². The number of methoxy groups -OCH3 is 1. The molecule has 0 aromatic heterocycles. The average Bonchev–Trinajstić information content (AvgIpc) is 2.65. The molecular formula is C10H16O2. The van der Waals surface area contributed by atoms with Crippen LogP contribution in [-0.4, -0.2) is 13.1 Å². The second-order valence-electron chi connectivity index (χ2n) is 4.12. The average molecular weight is 168 g/mol. The molecular weight excluding hydrogens is 152 g/mol. The number of hydrogen-bond donors (Lipinski definition) is 0. The van der Waals surface area contributed by atoms with E-state index in [0.717, 1.165) is 11.8 Å². The molecule has 0 amide bonds. The van der Waals surface area contributed by atoms with E-state index >= 15 is 0 Å². The van der Waals surface area contributed by atoms with Crippen LogP contribution in [0.3, 0.4) is 0 Å². The van der Waals surface area contributed by atoms with Crippen LogP contribution in [0.4, 0.5) is 0 Å². The molecule has 2 aliphatic carbocycles. The fraction of sp³-hybridized carbons (Fsp3) is 0.900. The highest BCUT2D eigenvalue weighted by Crippen LogP contribution is 2.50. The Bertz CT molecular complexity index is 168. The minimum absolute atomic E-state index is 0.0150. The van der Waals surface area contributed by atoms with E-state index in [4.69, 9.17) is 4.74 Å². The molecule has 0 aromatic rings. The SMILES string of the molecule is COC(=O)CC1C2CCC1CC2. The quantitative estimate of drug-likeness (QED) is 0.589. The molecule has 2 rings (SSSR count). The third-order valence-corrected chi connectivity index (χ3v) is 3.66. The summed E-state index contributed by atoms with van der Waals surface area (Å²) in [6, 6.07) is 0. The van der Waals surface area contributed by atoms with E-state index in [-0.39, 0.29) is 5.97 Å². The van der Waals surface area contributed by atoms with Gasteiger partial charge in [0.05, 0.1) is 7.11 Å². The summed E-state index contributed by atoms with van der Waals surface area (Å²) in [7, 11) is 1.49. The standard InChI is InChI=1S/C10H16O2/c1-12-10(11)6-9-7-2-3-8(9)5-4-7/h7-9H,2-6H2,1H3. The molecule has 0 N–H and O–H groups in total. The van der Waals surface area contributed by atoms with E-state index in [1.165, 1.54) is 32.8 Å². The first kappa shape index (κ1) is 8.09. The van der Waals surface area contributed by atoms with Crippen molar-refractivity contribution in [1.29, 1.82) is 0 Å². The summed E-state index contributed by atoms with van der Waals surface area (Å²) in [6.45, 7) is 0. The van der Waals surface area contributed by atoms with Gasteiger partial charge in [-0.05, 0) is 43.4 Å². The first-order valence-electron chi connectivity index (χ1n) is 4.88. The molecule has 68 valence electrons. The van der Waals surface area contributed by atoms with Gasteiger partial charge in [0, 0.05) is 6.42 Å². The predicted molar refractivity (Wildman–Crippen MR) is 45.6 cm³/mol. The van der Waals surface area contributed by atoms with Crippen molar-refractivity contribution in [2.24, 2.45) is 17.8 Å². The Hall–Kier alpha value is -0.530. The van der Waals surface area contributed by atoms with Crippen LogP contribution in [0.25, 0.3) is 0 Å². The minimum atomic E-state index is -0.0150. The van der Waals surface area contributed by atoms with Crippen molar-refractivity contribution in [3.63, 3.8) is 0 Å². The van der Waals surface area contributed by atoms with Crippen molar-refractivity contribution in [2.75, 3.05) is 7.11 Å². The number of rotatable bonds is 2. The highest BCUT2D eigenvalue weighted by atomic mass is 16.5. The van der Waals surface area contributed by atoms with Gasteiger partial charge in [0.25, 0.3) is 0 Å². The largest absolute Gasteiger partial charge is 0.469 e.